The molecule has 0 aliphatic heterocycles. The maximum Gasteiger partial charge on any atom is 0.357 e. The summed E-state index contributed by atoms with van der Waals surface area (Å²) >= 11 is 0. The highest BCUT2D eigenvalue weighted by Gasteiger charge is 2.31. The Morgan fingerprint density at radius 1 is 1.00 bits per heavy atom. The lowest BCUT2D eigenvalue weighted by Crippen LogP contribution is -2.15. The van der Waals surface area contributed by atoms with Gasteiger partial charge in [0, 0.05) is 5.56 Å². The van der Waals surface area contributed by atoms with Crippen LogP contribution in [-0.4, -0.2) is 50.6 Å². The minimum absolute atomic E-state index is 0.0410. The van der Waals surface area contributed by atoms with Crippen molar-refractivity contribution in [3.63, 3.8) is 0 Å². The first kappa shape index (κ1) is 23.2. The Bertz CT molecular complexity index is 1380. The van der Waals surface area contributed by atoms with Crippen LogP contribution < -0.4 is 4.74 Å². The van der Waals surface area contributed by atoms with Crippen molar-refractivity contribution in [3.8, 4) is 22.7 Å². The van der Waals surface area contributed by atoms with Gasteiger partial charge in [0.2, 0.25) is 0 Å². The summed E-state index contributed by atoms with van der Waals surface area (Å²) in [5.41, 5.74) is 1.04. The van der Waals surface area contributed by atoms with E-state index in [0.29, 0.717) is 17.0 Å². The van der Waals surface area contributed by atoms with Gasteiger partial charge in [0.05, 0.1) is 24.8 Å². The summed E-state index contributed by atoms with van der Waals surface area (Å²) in [7, 11) is 2.43. The number of hydrogen-bond donors (Lipinski definition) is 0. The summed E-state index contributed by atoms with van der Waals surface area (Å²) in [5, 5.41) is 19.2. The van der Waals surface area contributed by atoms with E-state index in [1.54, 1.807) is 48.5 Å². The van der Waals surface area contributed by atoms with Crippen LogP contribution in [0.2, 0.25) is 0 Å². The third kappa shape index (κ3) is 4.71. The summed E-state index contributed by atoms with van der Waals surface area (Å²) in [5.74, 6) is -1.05. The number of methoxy groups -OCH3 is 2. The molecule has 0 saturated carbocycles. The van der Waals surface area contributed by atoms with Gasteiger partial charge in [-0.05, 0) is 36.4 Å². The third-order valence-corrected chi connectivity index (χ3v) is 4.98. The van der Waals surface area contributed by atoms with Crippen molar-refractivity contribution in [2.24, 2.45) is 0 Å². The number of hydrogen-bond acceptors (Lipinski definition) is 9. The van der Waals surface area contributed by atoms with Gasteiger partial charge in [-0.25, -0.2) is 19.0 Å². The quantitative estimate of drug-likeness (QED) is 0.212. The molecule has 12 heteroatoms. The number of nitrogens with zero attached hydrogens (tertiary/aromatic N) is 5. The highest BCUT2D eigenvalue weighted by atomic mass is 16.6. The Morgan fingerprint density at radius 2 is 1.69 bits per heavy atom. The van der Waals surface area contributed by atoms with E-state index in [1.165, 1.54) is 29.8 Å². The largest absolute Gasteiger partial charge is 0.471 e. The zero-order chi connectivity index (χ0) is 24.9. The number of ether oxygens (including phenoxy) is 3. The standard InChI is InChI=1S/C23H19N5O7/c1-33-22(29)19-20(25-27(21(19)23(30)34-2)16-6-4-3-5-7-16)15-8-10-18(11-9-15)35-14-26-13-17(12-24-26)28(31)32/h3-13H,14H2,1-2H3. The van der Waals surface area contributed by atoms with E-state index >= 15 is 0 Å². The normalized spacial score (nSPS) is 10.6. The van der Waals surface area contributed by atoms with Crippen LogP contribution in [-0.2, 0) is 16.2 Å². The predicted octanol–water partition coefficient (Wildman–Crippen LogP) is 3.25. The number of benzene rings is 2. The molecule has 0 bridgehead atoms. The lowest BCUT2D eigenvalue weighted by Gasteiger charge is -2.07. The second kappa shape index (κ2) is 9.87. The molecule has 4 aromatic rings. The summed E-state index contributed by atoms with van der Waals surface area (Å²) in [6.45, 7) is -0.0459. The fourth-order valence-corrected chi connectivity index (χ4v) is 3.32. The zero-order valence-electron chi connectivity index (χ0n) is 18.7. The molecule has 4 rings (SSSR count). The molecular formula is C23H19N5O7. The van der Waals surface area contributed by atoms with Gasteiger partial charge in [0.15, 0.2) is 12.4 Å². The number of esters is 2. The minimum Gasteiger partial charge on any atom is -0.471 e. The van der Waals surface area contributed by atoms with Crippen LogP contribution in [0, 0.1) is 10.1 Å². The van der Waals surface area contributed by atoms with Crippen LogP contribution in [0.1, 0.15) is 20.8 Å². The molecule has 0 amide bonds. The third-order valence-electron chi connectivity index (χ3n) is 4.98. The molecule has 0 radical (unpaired) electrons. The molecule has 0 spiro atoms. The van der Waals surface area contributed by atoms with Crippen LogP contribution in [0.15, 0.2) is 67.0 Å². The zero-order valence-corrected chi connectivity index (χ0v) is 18.7. The Kier molecular flexibility index (Phi) is 6.53. The van der Waals surface area contributed by atoms with Crippen LogP contribution in [0.3, 0.4) is 0 Å². The van der Waals surface area contributed by atoms with Gasteiger partial charge in [0.25, 0.3) is 0 Å². The average Bonchev–Trinajstić information content (AvgIpc) is 3.53. The van der Waals surface area contributed by atoms with Gasteiger partial charge in [-0.2, -0.15) is 10.2 Å². The van der Waals surface area contributed by atoms with Crippen LogP contribution >= 0.6 is 0 Å². The average molecular weight is 477 g/mol. The van der Waals surface area contributed by atoms with Crippen LogP contribution in [0.25, 0.3) is 16.9 Å². The first-order valence-electron chi connectivity index (χ1n) is 10.2. The number of rotatable bonds is 8. The Balaban J connectivity index is 1.69. The van der Waals surface area contributed by atoms with E-state index in [1.807, 2.05) is 6.07 Å². The first-order chi connectivity index (χ1) is 16.9. The van der Waals surface area contributed by atoms with Gasteiger partial charge in [0.1, 0.15) is 29.4 Å². The van der Waals surface area contributed by atoms with Crippen molar-refractivity contribution in [2.75, 3.05) is 14.2 Å². The molecule has 2 aromatic heterocycles. The van der Waals surface area contributed by atoms with E-state index in [2.05, 4.69) is 10.2 Å². The fraction of sp³-hybridized carbons (Fsp3) is 0.130. The summed E-state index contributed by atoms with van der Waals surface area (Å²) in [4.78, 5) is 35.6. The molecule has 2 aromatic carbocycles. The van der Waals surface area contributed by atoms with Gasteiger partial charge in [-0.3, -0.25) is 10.1 Å². The van der Waals surface area contributed by atoms with E-state index in [9.17, 15) is 19.7 Å². The van der Waals surface area contributed by atoms with Crippen molar-refractivity contribution in [1.82, 2.24) is 19.6 Å². The monoisotopic (exact) mass is 477 g/mol. The SMILES string of the molecule is COC(=O)c1c(-c2ccc(OCn3cc([N+](=O)[O-])cn3)cc2)nn(-c2ccccc2)c1C(=O)OC. The Morgan fingerprint density at radius 3 is 2.29 bits per heavy atom. The highest BCUT2D eigenvalue weighted by Crippen LogP contribution is 2.30. The summed E-state index contributed by atoms with van der Waals surface area (Å²) in [6.07, 6.45) is 2.38. The van der Waals surface area contributed by atoms with E-state index in [4.69, 9.17) is 14.2 Å². The maximum atomic E-state index is 12.7. The van der Waals surface area contributed by atoms with Crippen molar-refractivity contribution in [3.05, 3.63) is 88.4 Å². The second-order valence-corrected chi connectivity index (χ2v) is 7.10. The van der Waals surface area contributed by atoms with Gasteiger partial charge in [-0.1, -0.05) is 18.2 Å². The molecule has 0 aliphatic rings. The molecule has 178 valence electrons. The molecule has 0 saturated heterocycles. The molecule has 2 heterocycles. The lowest BCUT2D eigenvalue weighted by molar-refractivity contribution is -0.385. The fourth-order valence-electron chi connectivity index (χ4n) is 3.32. The Hall–Kier alpha value is -5.00. The van der Waals surface area contributed by atoms with E-state index in [-0.39, 0.29) is 29.4 Å². The number of aromatic nitrogens is 4. The molecule has 12 nitrogen and oxygen atoms in total. The molecule has 0 N–H and O–H groups in total. The molecular weight excluding hydrogens is 458 g/mol. The number of carbonyl (C=O) groups is 2. The minimum atomic E-state index is -0.749. The van der Waals surface area contributed by atoms with Crippen molar-refractivity contribution < 1.29 is 28.7 Å². The molecule has 0 unspecified atom stereocenters. The van der Waals surface area contributed by atoms with Gasteiger partial charge < -0.3 is 14.2 Å². The van der Waals surface area contributed by atoms with Crippen molar-refractivity contribution in [2.45, 2.75) is 6.73 Å². The molecule has 0 fully saturated rings. The van der Waals surface area contributed by atoms with Crippen molar-refractivity contribution in [1.29, 1.82) is 0 Å². The first-order valence-corrected chi connectivity index (χ1v) is 10.2. The van der Waals surface area contributed by atoms with E-state index in [0.717, 1.165) is 6.20 Å². The molecule has 35 heavy (non-hydrogen) atoms. The predicted molar refractivity (Wildman–Crippen MR) is 121 cm³/mol. The highest BCUT2D eigenvalue weighted by molar-refractivity contribution is 6.06. The smallest absolute Gasteiger partial charge is 0.357 e. The molecule has 0 aliphatic carbocycles. The number of para-hydroxylation sites is 1. The summed E-state index contributed by atoms with van der Waals surface area (Å²) in [6, 6.07) is 15.4. The summed E-state index contributed by atoms with van der Waals surface area (Å²) < 4.78 is 18.1. The second-order valence-electron chi connectivity index (χ2n) is 7.10. The van der Waals surface area contributed by atoms with Crippen LogP contribution in [0.5, 0.6) is 5.75 Å². The maximum absolute atomic E-state index is 12.7. The van der Waals surface area contributed by atoms with Gasteiger partial charge >= 0.3 is 17.6 Å². The molecule has 0 atom stereocenters. The van der Waals surface area contributed by atoms with Crippen LogP contribution in [0.4, 0.5) is 5.69 Å². The number of nitro groups is 1. The topological polar surface area (TPSA) is 141 Å². The van der Waals surface area contributed by atoms with E-state index < -0.39 is 16.9 Å². The van der Waals surface area contributed by atoms with Gasteiger partial charge in [-0.15, -0.1) is 0 Å². The van der Waals surface area contributed by atoms with Crippen molar-refractivity contribution >= 4 is 17.6 Å². The Labute approximate surface area is 198 Å². The lowest BCUT2D eigenvalue weighted by atomic mass is 10.1. The number of carbonyl (C=O) groups excluding carboxylic acids is 2.